The third-order valence-electron chi connectivity index (χ3n) is 1.88. The molecule has 0 radical (unpaired) electrons. The SMILES string of the molecule is COC(=O)c1ccc(Oc2ncccn2)cn1. The standard InChI is InChI=1S/C11H9N3O3/c1-16-10(15)9-4-3-8(7-14-9)17-11-12-5-2-6-13-11/h2-7H,1H3. The largest absolute Gasteiger partial charge is 0.464 e. The van der Waals surface area contributed by atoms with Gasteiger partial charge in [0, 0.05) is 12.4 Å². The van der Waals surface area contributed by atoms with E-state index < -0.39 is 5.97 Å². The van der Waals surface area contributed by atoms with Crippen LogP contribution < -0.4 is 4.74 Å². The molecule has 2 aromatic heterocycles. The van der Waals surface area contributed by atoms with Crippen LogP contribution in [0.2, 0.25) is 0 Å². The van der Waals surface area contributed by atoms with Crippen LogP contribution in [0, 0.1) is 0 Å². The van der Waals surface area contributed by atoms with Crippen LogP contribution in [0.3, 0.4) is 0 Å². The van der Waals surface area contributed by atoms with E-state index in [-0.39, 0.29) is 11.7 Å². The number of rotatable bonds is 3. The monoisotopic (exact) mass is 231 g/mol. The number of carbonyl (C=O) groups excluding carboxylic acids is 1. The Morgan fingerprint density at radius 1 is 1.18 bits per heavy atom. The predicted molar refractivity (Wildman–Crippen MR) is 57.7 cm³/mol. The maximum absolute atomic E-state index is 11.1. The minimum absolute atomic E-state index is 0.217. The maximum atomic E-state index is 11.1. The second-order valence-corrected chi connectivity index (χ2v) is 3.00. The molecule has 0 aliphatic carbocycles. The second kappa shape index (κ2) is 5.02. The molecule has 0 N–H and O–H groups in total. The first-order valence-electron chi connectivity index (χ1n) is 4.79. The van der Waals surface area contributed by atoms with Gasteiger partial charge in [0.25, 0.3) is 0 Å². The molecule has 0 aliphatic heterocycles. The van der Waals surface area contributed by atoms with E-state index in [1.165, 1.54) is 19.4 Å². The van der Waals surface area contributed by atoms with Crippen molar-refractivity contribution >= 4 is 5.97 Å². The molecule has 0 amide bonds. The minimum Gasteiger partial charge on any atom is -0.464 e. The van der Waals surface area contributed by atoms with Gasteiger partial charge in [0.05, 0.1) is 13.3 Å². The Morgan fingerprint density at radius 2 is 1.94 bits per heavy atom. The van der Waals surface area contributed by atoms with E-state index >= 15 is 0 Å². The number of ether oxygens (including phenoxy) is 2. The van der Waals surface area contributed by atoms with Crippen molar-refractivity contribution in [3.8, 4) is 11.8 Å². The zero-order chi connectivity index (χ0) is 12.1. The molecule has 0 unspecified atom stereocenters. The number of carbonyl (C=O) groups is 1. The predicted octanol–water partition coefficient (Wildman–Crippen LogP) is 1.45. The fourth-order valence-corrected chi connectivity index (χ4v) is 1.11. The highest BCUT2D eigenvalue weighted by atomic mass is 16.5. The van der Waals surface area contributed by atoms with Crippen LogP contribution in [-0.2, 0) is 4.74 Å². The molecule has 0 bridgehead atoms. The van der Waals surface area contributed by atoms with Crippen LogP contribution in [0.4, 0.5) is 0 Å². The summed E-state index contributed by atoms with van der Waals surface area (Å²) in [5.74, 6) is -0.0450. The molecule has 0 saturated heterocycles. The van der Waals surface area contributed by atoms with Crippen LogP contribution in [0.15, 0.2) is 36.8 Å². The molecule has 6 heteroatoms. The fourth-order valence-electron chi connectivity index (χ4n) is 1.11. The van der Waals surface area contributed by atoms with Gasteiger partial charge in [-0.05, 0) is 18.2 Å². The van der Waals surface area contributed by atoms with Crippen LogP contribution in [0.1, 0.15) is 10.5 Å². The van der Waals surface area contributed by atoms with E-state index in [4.69, 9.17) is 4.74 Å². The lowest BCUT2D eigenvalue weighted by Crippen LogP contribution is -2.03. The second-order valence-electron chi connectivity index (χ2n) is 3.00. The van der Waals surface area contributed by atoms with E-state index in [0.717, 1.165) is 0 Å². The lowest BCUT2D eigenvalue weighted by molar-refractivity contribution is 0.0594. The molecular formula is C11H9N3O3. The van der Waals surface area contributed by atoms with Gasteiger partial charge in [0.15, 0.2) is 0 Å². The molecule has 86 valence electrons. The third-order valence-corrected chi connectivity index (χ3v) is 1.88. The van der Waals surface area contributed by atoms with Crippen molar-refractivity contribution in [3.05, 3.63) is 42.5 Å². The average molecular weight is 231 g/mol. The van der Waals surface area contributed by atoms with Crippen molar-refractivity contribution < 1.29 is 14.3 Å². The molecular weight excluding hydrogens is 222 g/mol. The van der Waals surface area contributed by atoms with Crippen LogP contribution in [0.5, 0.6) is 11.8 Å². The fraction of sp³-hybridized carbons (Fsp3) is 0.0909. The summed E-state index contributed by atoms with van der Waals surface area (Å²) >= 11 is 0. The van der Waals surface area contributed by atoms with Gasteiger partial charge in [-0.3, -0.25) is 0 Å². The van der Waals surface area contributed by atoms with Crippen molar-refractivity contribution in [2.75, 3.05) is 7.11 Å². The molecule has 0 atom stereocenters. The number of hydrogen-bond donors (Lipinski definition) is 0. The van der Waals surface area contributed by atoms with Crippen molar-refractivity contribution in [2.24, 2.45) is 0 Å². The number of esters is 1. The summed E-state index contributed by atoms with van der Waals surface area (Å²) in [6, 6.07) is 5.01. The first-order valence-corrected chi connectivity index (χ1v) is 4.79. The molecule has 0 aliphatic rings. The maximum Gasteiger partial charge on any atom is 0.356 e. The number of hydrogen-bond acceptors (Lipinski definition) is 6. The van der Waals surface area contributed by atoms with Crippen LogP contribution >= 0.6 is 0 Å². The summed E-state index contributed by atoms with van der Waals surface area (Å²) in [6.07, 6.45) is 4.54. The highest BCUT2D eigenvalue weighted by Crippen LogP contribution is 2.15. The topological polar surface area (TPSA) is 74.2 Å². The van der Waals surface area contributed by atoms with E-state index in [0.29, 0.717) is 5.75 Å². The summed E-state index contributed by atoms with van der Waals surface area (Å²) in [7, 11) is 1.30. The Labute approximate surface area is 97.3 Å². The summed E-state index contributed by atoms with van der Waals surface area (Å²) in [5.41, 5.74) is 0.217. The quantitative estimate of drug-likeness (QED) is 0.744. The van der Waals surface area contributed by atoms with E-state index in [9.17, 15) is 4.79 Å². The van der Waals surface area contributed by atoms with Crippen molar-refractivity contribution in [1.29, 1.82) is 0 Å². The smallest absolute Gasteiger partial charge is 0.356 e. The first-order chi connectivity index (χ1) is 8.29. The zero-order valence-electron chi connectivity index (χ0n) is 9.03. The summed E-state index contributed by atoms with van der Waals surface area (Å²) in [4.78, 5) is 22.8. The van der Waals surface area contributed by atoms with Crippen molar-refractivity contribution in [3.63, 3.8) is 0 Å². The molecule has 2 aromatic rings. The Balaban J connectivity index is 2.11. The average Bonchev–Trinajstić information content (AvgIpc) is 2.40. The van der Waals surface area contributed by atoms with Gasteiger partial charge in [-0.25, -0.2) is 19.7 Å². The molecule has 0 spiro atoms. The van der Waals surface area contributed by atoms with E-state index in [1.807, 2.05) is 0 Å². The zero-order valence-corrected chi connectivity index (χ0v) is 9.03. The van der Waals surface area contributed by atoms with Gasteiger partial charge in [0.2, 0.25) is 0 Å². The third kappa shape index (κ3) is 2.75. The highest BCUT2D eigenvalue weighted by molar-refractivity contribution is 5.87. The molecule has 0 aromatic carbocycles. The number of pyridine rings is 1. The molecule has 2 heterocycles. The first kappa shape index (κ1) is 11.0. The summed E-state index contributed by atoms with van der Waals surface area (Å²) < 4.78 is 9.84. The Bertz CT molecular complexity index is 499. The lowest BCUT2D eigenvalue weighted by atomic mass is 10.3. The molecule has 17 heavy (non-hydrogen) atoms. The van der Waals surface area contributed by atoms with Gasteiger partial charge in [-0.2, -0.15) is 0 Å². The number of nitrogens with zero attached hydrogens (tertiary/aromatic N) is 3. The van der Waals surface area contributed by atoms with Crippen molar-refractivity contribution in [1.82, 2.24) is 15.0 Å². The summed E-state index contributed by atoms with van der Waals surface area (Å²) in [5, 5.41) is 0. The minimum atomic E-state index is -0.493. The van der Waals surface area contributed by atoms with Gasteiger partial charge in [-0.15, -0.1) is 0 Å². The normalized spacial score (nSPS) is 9.71. The molecule has 6 nitrogen and oxygen atoms in total. The van der Waals surface area contributed by atoms with Crippen LogP contribution in [0.25, 0.3) is 0 Å². The number of methoxy groups -OCH3 is 1. The lowest BCUT2D eigenvalue weighted by Gasteiger charge is -2.03. The molecule has 0 saturated carbocycles. The summed E-state index contributed by atoms with van der Waals surface area (Å²) in [6.45, 7) is 0. The highest BCUT2D eigenvalue weighted by Gasteiger charge is 2.07. The van der Waals surface area contributed by atoms with Crippen molar-refractivity contribution in [2.45, 2.75) is 0 Å². The van der Waals surface area contributed by atoms with Crippen LogP contribution in [-0.4, -0.2) is 28.0 Å². The number of aromatic nitrogens is 3. The molecule has 2 rings (SSSR count). The van der Waals surface area contributed by atoms with Gasteiger partial charge in [0.1, 0.15) is 11.4 Å². The van der Waals surface area contributed by atoms with E-state index in [1.54, 1.807) is 24.5 Å². The van der Waals surface area contributed by atoms with Gasteiger partial charge in [-0.1, -0.05) is 0 Å². The van der Waals surface area contributed by atoms with Gasteiger partial charge < -0.3 is 9.47 Å². The molecule has 0 fully saturated rings. The Morgan fingerprint density at radius 3 is 2.53 bits per heavy atom. The van der Waals surface area contributed by atoms with Gasteiger partial charge >= 0.3 is 12.0 Å². The Hall–Kier alpha value is -2.50. The van der Waals surface area contributed by atoms with E-state index in [2.05, 4.69) is 19.7 Å². The Kier molecular flexibility index (Phi) is 3.25.